The molecule has 0 amide bonds. The molecule has 1 aromatic carbocycles. The quantitative estimate of drug-likeness (QED) is 0.453. The molecule has 1 aromatic rings. The average Bonchev–Trinajstić information content (AvgIpc) is 1.72. The van der Waals surface area contributed by atoms with Gasteiger partial charge in [0.25, 0.3) is 0 Å². The van der Waals surface area contributed by atoms with Crippen LogP contribution in [0.25, 0.3) is 0 Å². The molecule has 40 valence electrons. The minimum atomic E-state index is 0. The molecule has 0 spiro atoms. The molecular weight excluding hydrogens is 125 g/mol. The predicted octanol–water partition coefficient (Wildman–Crippen LogP) is -1.03. The van der Waals surface area contributed by atoms with Gasteiger partial charge in [0.2, 0.25) is 0 Å². The van der Waals surface area contributed by atoms with E-state index in [0.717, 1.165) is 0 Å². The molecule has 0 saturated heterocycles. The van der Waals surface area contributed by atoms with Crippen LogP contribution in [0.5, 0.6) is 0 Å². The third-order valence-corrected chi connectivity index (χ3v) is 0.667. The Labute approximate surface area is 94.0 Å². The van der Waals surface area contributed by atoms with E-state index in [1.54, 1.807) is 0 Å². The zero-order valence-corrected chi connectivity index (χ0v) is 8.29. The van der Waals surface area contributed by atoms with E-state index < -0.39 is 0 Å². The number of hydrogen-bond acceptors (Lipinski definition) is 1. The fourth-order valence-electron chi connectivity index (χ4n) is 0.385. The standard InChI is InChI=1S/C6H6.K.H3N.H/c1-2-4-6-5-3-1;;;/h1-6H;;1H3;/q;+1;;-1. The molecule has 0 saturated carbocycles. The molecule has 1 rings (SSSR count). The summed E-state index contributed by atoms with van der Waals surface area (Å²) in [6.07, 6.45) is 0. The zero-order chi connectivity index (χ0) is 4.24. The molecule has 8 heavy (non-hydrogen) atoms. The van der Waals surface area contributed by atoms with Crippen molar-refractivity contribution in [3.63, 3.8) is 0 Å². The van der Waals surface area contributed by atoms with Gasteiger partial charge in [-0.05, 0) is 0 Å². The molecule has 3 N–H and O–H groups in total. The number of benzene rings is 1. The second-order valence-electron chi connectivity index (χ2n) is 1.15. The Kier molecular flexibility index (Phi) is 11.3. The second-order valence-corrected chi connectivity index (χ2v) is 1.15. The summed E-state index contributed by atoms with van der Waals surface area (Å²) in [5.74, 6) is 0. The Morgan fingerprint density at radius 3 is 0.875 bits per heavy atom. The minimum Gasteiger partial charge on any atom is -1.00 e. The Morgan fingerprint density at radius 2 is 0.750 bits per heavy atom. The first-order valence-electron chi connectivity index (χ1n) is 2.00. The van der Waals surface area contributed by atoms with Crippen LogP contribution in [0, 0.1) is 0 Å². The molecule has 0 fully saturated rings. The van der Waals surface area contributed by atoms with Crippen LogP contribution in [0.4, 0.5) is 0 Å². The molecule has 0 heterocycles. The third-order valence-electron chi connectivity index (χ3n) is 0.667. The van der Waals surface area contributed by atoms with Gasteiger partial charge in [0.15, 0.2) is 0 Å². The molecule has 1 nitrogen and oxygen atoms in total. The smallest absolute Gasteiger partial charge is 1.00 e. The van der Waals surface area contributed by atoms with E-state index >= 15 is 0 Å². The van der Waals surface area contributed by atoms with Crippen LogP contribution < -0.4 is 57.5 Å². The maximum absolute atomic E-state index is 2.00. The van der Waals surface area contributed by atoms with Crippen LogP contribution >= 0.6 is 0 Å². The summed E-state index contributed by atoms with van der Waals surface area (Å²) in [5.41, 5.74) is 0. The fraction of sp³-hybridized carbons (Fsp3) is 0. The van der Waals surface area contributed by atoms with Gasteiger partial charge in [-0.2, -0.15) is 0 Å². The van der Waals surface area contributed by atoms with E-state index in [-0.39, 0.29) is 59.0 Å². The summed E-state index contributed by atoms with van der Waals surface area (Å²) < 4.78 is 0. The summed E-state index contributed by atoms with van der Waals surface area (Å²) in [5, 5.41) is 0. The van der Waals surface area contributed by atoms with Crippen molar-refractivity contribution < 1.29 is 52.8 Å². The van der Waals surface area contributed by atoms with Gasteiger partial charge in [0.05, 0.1) is 0 Å². The van der Waals surface area contributed by atoms with Gasteiger partial charge in [-0.25, -0.2) is 0 Å². The van der Waals surface area contributed by atoms with Crippen LogP contribution in [0.3, 0.4) is 0 Å². The molecule has 2 heteroatoms. The van der Waals surface area contributed by atoms with Crippen LogP contribution in [0.1, 0.15) is 1.43 Å². The Morgan fingerprint density at radius 1 is 0.625 bits per heavy atom. The maximum atomic E-state index is 2.00. The molecule has 0 radical (unpaired) electrons. The molecule has 0 aliphatic rings. The molecule has 0 aromatic heterocycles. The van der Waals surface area contributed by atoms with Gasteiger partial charge in [0.1, 0.15) is 0 Å². The average molecular weight is 135 g/mol. The first-order valence-corrected chi connectivity index (χ1v) is 2.00. The fourth-order valence-corrected chi connectivity index (χ4v) is 0.385. The molecule has 0 aliphatic carbocycles. The van der Waals surface area contributed by atoms with Gasteiger partial charge >= 0.3 is 51.4 Å². The molecule has 0 bridgehead atoms. The van der Waals surface area contributed by atoms with Crippen LogP contribution in [0.2, 0.25) is 0 Å². The van der Waals surface area contributed by atoms with Crippen LogP contribution in [-0.4, -0.2) is 0 Å². The van der Waals surface area contributed by atoms with Crippen molar-refractivity contribution in [3.05, 3.63) is 36.4 Å². The summed E-state index contributed by atoms with van der Waals surface area (Å²) in [4.78, 5) is 0. The summed E-state index contributed by atoms with van der Waals surface area (Å²) >= 11 is 0. The first kappa shape index (κ1) is 11.6. The van der Waals surface area contributed by atoms with E-state index in [4.69, 9.17) is 0 Å². The second kappa shape index (κ2) is 7.82. The van der Waals surface area contributed by atoms with Gasteiger partial charge in [0, 0.05) is 0 Å². The molecule has 0 aliphatic heterocycles. The van der Waals surface area contributed by atoms with Crippen molar-refractivity contribution in [3.8, 4) is 0 Å². The minimum absolute atomic E-state index is 0. The van der Waals surface area contributed by atoms with Crippen molar-refractivity contribution in [2.24, 2.45) is 0 Å². The van der Waals surface area contributed by atoms with Gasteiger partial charge in [-0.3, -0.25) is 0 Å². The van der Waals surface area contributed by atoms with Crippen LogP contribution in [0.15, 0.2) is 36.4 Å². The summed E-state index contributed by atoms with van der Waals surface area (Å²) in [6, 6.07) is 12.0. The summed E-state index contributed by atoms with van der Waals surface area (Å²) in [7, 11) is 0. The molecular formula is C6H10KN. The van der Waals surface area contributed by atoms with E-state index in [1.165, 1.54) is 0 Å². The normalized spacial score (nSPS) is 6.00. The van der Waals surface area contributed by atoms with Crippen molar-refractivity contribution in [2.45, 2.75) is 0 Å². The molecule has 0 unspecified atom stereocenters. The van der Waals surface area contributed by atoms with Gasteiger partial charge in [-0.1, -0.05) is 36.4 Å². The Balaban J connectivity index is -0.000000120. The maximum Gasteiger partial charge on any atom is 1.00 e. The predicted molar refractivity (Wildman–Crippen MR) is 32.6 cm³/mol. The van der Waals surface area contributed by atoms with E-state index in [1.807, 2.05) is 36.4 Å². The Hall–Kier alpha value is 0.816. The van der Waals surface area contributed by atoms with Gasteiger partial charge < -0.3 is 7.58 Å². The Bertz CT molecular complexity index is 85.0. The van der Waals surface area contributed by atoms with E-state index in [0.29, 0.717) is 0 Å². The van der Waals surface area contributed by atoms with Gasteiger partial charge in [-0.15, -0.1) is 0 Å². The number of hydrogen-bond donors (Lipinski definition) is 1. The molecule has 0 atom stereocenters. The topological polar surface area (TPSA) is 35.0 Å². The largest absolute Gasteiger partial charge is 1.00 e. The van der Waals surface area contributed by atoms with Crippen molar-refractivity contribution >= 4 is 0 Å². The van der Waals surface area contributed by atoms with Crippen molar-refractivity contribution in [2.75, 3.05) is 0 Å². The van der Waals surface area contributed by atoms with Crippen molar-refractivity contribution in [1.82, 2.24) is 6.15 Å². The first-order chi connectivity index (χ1) is 3.00. The van der Waals surface area contributed by atoms with E-state index in [9.17, 15) is 0 Å². The van der Waals surface area contributed by atoms with Crippen LogP contribution in [-0.2, 0) is 0 Å². The summed E-state index contributed by atoms with van der Waals surface area (Å²) in [6.45, 7) is 0. The van der Waals surface area contributed by atoms with Crippen molar-refractivity contribution in [1.29, 1.82) is 0 Å². The monoisotopic (exact) mass is 135 g/mol. The third kappa shape index (κ3) is 4.96. The van der Waals surface area contributed by atoms with E-state index in [2.05, 4.69) is 0 Å². The number of rotatable bonds is 0. The zero-order valence-electron chi connectivity index (χ0n) is 6.17. The SMILES string of the molecule is N.[H-].[K+].c1ccccc1.